The number of benzene rings is 1. The second kappa shape index (κ2) is 4.01. The fourth-order valence-corrected chi connectivity index (χ4v) is 1.69. The molecular formula is C12H13F2N. The van der Waals surface area contributed by atoms with Crippen molar-refractivity contribution in [3.8, 4) is 0 Å². The molecule has 80 valence electrons. The second-order valence-corrected chi connectivity index (χ2v) is 3.75. The number of halogens is 2. The van der Waals surface area contributed by atoms with Crippen molar-refractivity contribution in [2.45, 2.75) is 26.2 Å². The van der Waals surface area contributed by atoms with E-state index in [9.17, 15) is 8.78 Å². The monoisotopic (exact) mass is 209 g/mol. The summed E-state index contributed by atoms with van der Waals surface area (Å²) in [6, 6.07) is 4.32. The van der Waals surface area contributed by atoms with E-state index in [2.05, 4.69) is 11.9 Å². The molecule has 3 heteroatoms. The van der Waals surface area contributed by atoms with Crippen molar-refractivity contribution in [2.24, 2.45) is 0 Å². The summed E-state index contributed by atoms with van der Waals surface area (Å²) < 4.78 is 25.8. The smallest absolute Gasteiger partial charge is 0.160 e. The maximum atomic E-state index is 12.9. The summed E-state index contributed by atoms with van der Waals surface area (Å²) in [5.74, 6) is -1.59. The van der Waals surface area contributed by atoms with Gasteiger partial charge in [0.15, 0.2) is 11.6 Å². The van der Waals surface area contributed by atoms with Gasteiger partial charge in [0.25, 0.3) is 0 Å². The molecule has 0 aliphatic carbocycles. The first-order valence-electron chi connectivity index (χ1n) is 5.17. The number of H-pyrrole nitrogens is 1. The first-order valence-corrected chi connectivity index (χ1v) is 5.17. The van der Waals surface area contributed by atoms with Crippen LogP contribution in [0.4, 0.5) is 8.78 Å². The highest BCUT2D eigenvalue weighted by atomic mass is 19.2. The third kappa shape index (κ3) is 2.01. The Kier molecular flexibility index (Phi) is 2.71. The quantitative estimate of drug-likeness (QED) is 0.791. The number of rotatable bonds is 3. The Labute approximate surface area is 87.1 Å². The van der Waals surface area contributed by atoms with E-state index < -0.39 is 11.6 Å². The van der Waals surface area contributed by atoms with Crippen LogP contribution in [0.15, 0.2) is 18.2 Å². The molecule has 1 aromatic carbocycles. The minimum atomic E-state index is -0.800. The van der Waals surface area contributed by atoms with Crippen molar-refractivity contribution in [1.29, 1.82) is 0 Å². The fraction of sp³-hybridized carbons (Fsp3) is 0.333. The van der Waals surface area contributed by atoms with E-state index in [1.54, 1.807) is 0 Å². The van der Waals surface area contributed by atoms with Crippen molar-refractivity contribution in [1.82, 2.24) is 4.98 Å². The standard InChI is InChI=1S/C12H13F2N/c1-2-3-4-9-5-8-6-10(13)11(14)7-12(8)15-9/h5-7,15H,2-4H2,1H3. The van der Waals surface area contributed by atoms with Gasteiger partial charge in [0, 0.05) is 22.7 Å². The molecule has 1 N–H and O–H groups in total. The molecule has 2 aromatic rings. The normalized spacial score (nSPS) is 11.1. The van der Waals surface area contributed by atoms with E-state index in [-0.39, 0.29) is 0 Å². The lowest BCUT2D eigenvalue weighted by atomic mass is 10.2. The third-order valence-corrected chi connectivity index (χ3v) is 2.52. The lowest BCUT2D eigenvalue weighted by Crippen LogP contribution is -1.83. The number of aromatic nitrogens is 1. The number of aryl methyl sites for hydroxylation is 1. The first kappa shape index (κ1) is 10.1. The molecule has 0 saturated carbocycles. The summed E-state index contributed by atoms with van der Waals surface area (Å²) >= 11 is 0. The van der Waals surface area contributed by atoms with Crippen LogP contribution in [0.1, 0.15) is 25.5 Å². The lowest BCUT2D eigenvalue weighted by molar-refractivity contribution is 0.511. The van der Waals surface area contributed by atoms with E-state index in [1.165, 1.54) is 12.1 Å². The van der Waals surface area contributed by atoms with Crippen LogP contribution in [-0.2, 0) is 6.42 Å². The Morgan fingerprint density at radius 3 is 2.60 bits per heavy atom. The molecule has 0 radical (unpaired) electrons. The van der Waals surface area contributed by atoms with Gasteiger partial charge in [-0.2, -0.15) is 0 Å². The largest absolute Gasteiger partial charge is 0.358 e. The van der Waals surface area contributed by atoms with E-state index in [1.807, 2.05) is 6.07 Å². The molecule has 1 heterocycles. The van der Waals surface area contributed by atoms with Gasteiger partial charge >= 0.3 is 0 Å². The molecule has 0 aliphatic heterocycles. The Morgan fingerprint density at radius 1 is 1.13 bits per heavy atom. The zero-order valence-electron chi connectivity index (χ0n) is 8.61. The molecule has 0 spiro atoms. The van der Waals surface area contributed by atoms with Gasteiger partial charge < -0.3 is 4.98 Å². The summed E-state index contributed by atoms with van der Waals surface area (Å²) in [6.07, 6.45) is 3.12. The van der Waals surface area contributed by atoms with Crippen LogP contribution in [0.5, 0.6) is 0 Å². The van der Waals surface area contributed by atoms with Crippen LogP contribution >= 0.6 is 0 Å². The minimum absolute atomic E-state index is 0.667. The van der Waals surface area contributed by atoms with E-state index in [0.29, 0.717) is 5.52 Å². The molecule has 0 aliphatic rings. The maximum absolute atomic E-state index is 12.9. The Balaban J connectivity index is 2.38. The molecule has 15 heavy (non-hydrogen) atoms. The van der Waals surface area contributed by atoms with Crippen LogP contribution in [0.25, 0.3) is 10.9 Å². The average molecular weight is 209 g/mol. The van der Waals surface area contributed by atoms with Gasteiger partial charge in [-0.1, -0.05) is 13.3 Å². The van der Waals surface area contributed by atoms with Crippen molar-refractivity contribution >= 4 is 10.9 Å². The van der Waals surface area contributed by atoms with Crippen molar-refractivity contribution in [2.75, 3.05) is 0 Å². The molecule has 1 nitrogen and oxygen atoms in total. The van der Waals surface area contributed by atoms with Crippen molar-refractivity contribution in [3.63, 3.8) is 0 Å². The van der Waals surface area contributed by atoms with Crippen molar-refractivity contribution in [3.05, 3.63) is 35.5 Å². The van der Waals surface area contributed by atoms with Crippen LogP contribution in [0.2, 0.25) is 0 Å². The van der Waals surface area contributed by atoms with E-state index >= 15 is 0 Å². The van der Waals surface area contributed by atoms with Gasteiger partial charge in [0.2, 0.25) is 0 Å². The third-order valence-electron chi connectivity index (χ3n) is 2.52. The number of hydrogen-bond acceptors (Lipinski definition) is 0. The van der Waals surface area contributed by atoms with Gasteiger partial charge in [0.1, 0.15) is 0 Å². The number of unbranched alkanes of at least 4 members (excludes halogenated alkanes) is 1. The van der Waals surface area contributed by atoms with Crippen molar-refractivity contribution < 1.29 is 8.78 Å². The van der Waals surface area contributed by atoms with E-state index in [4.69, 9.17) is 0 Å². The van der Waals surface area contributed by atoms with Gasteiger partial charge in [-0.15, -0.1) is 0 Å². The van der Waals surface area contributed by atoms with Gasteiger partial charge in [0.05, 0.1) is 0 Å². The SMILES string of the molecule is CCCCc1cc2cc(F)c(F)cc2[nH]1. The Bertz CT molecular complexity index is 435. The predicted molar refractivity (Wildman–Crippen MR) is 56.8 cm³/mol. The number of aromatic amines is 1. The number of fused-ring (bicyclic) bond motifs is 1. The summed E-state index contributed by atoms with van der Waals surface area (Å²) in [4.78, 5) is 3.09. The predicted octanol–water partition coefficient (Wildman–Crippen LogP) is 3.79. The maximum Gasteiger partial charge on any atom is 0.160 e. The van der Waals surface area contributed by atoms with Gasteiger partial charge in [-0.3, -0.25) is 0 Å². The topological polar surface area (TPSA) is 15.8 Å². The molecule has 0 atom stereocenters. The van der Waals surface area contributed by atoms with Gasteiger partial charge in [-0.05, 0) is 25.0 Å². The van der Waals surface area contributed by atoms with Crippen LogP contribution < -0.4 is 0 Å². The molecular weight excluding hydrogens is 196 g/mol. The van der Waals surface area contributed by atoms with E-state index in [0.717, 1.165) is 30.3 Å². The van der Waals surface area contributed by atoms with Crippen LogP contribution in [0.3, 0.4) is 0 Å². The van der Waals surface area contributed by atoms with Gasteiger partial charge in [-0.25, -0.2) is 8.78 Å². The van der Waals surface area contributed by atoms with Crippen LogP contribution in [-0.4, -0.2) is 4.98 Å². The second-order valence-electron chi connectivity index (χ2n) is 3.75. The molecule has 0 unspecified atom stereocenters. The summed E-state index contributed by atoms with van der Waals surface area (Å²) in [5, 5.41) is 0.736. The molecule has 2 rings (SSSR count). The highest BCUT2D eigenvalue weighted by molar-refractivity contribution is 5.80. The molecule has 0 saturated heterocycles. The molecule has 0 fully saturated rings. The summed E-state index contributed by atoms with van der Waals surface area (Å²) in [6.45, 7) is 2.11. The summed E-state index contributed by atoms with van der Waals surface area (Å²) in [5.41, 5.74) is 1.71. The average Bonchev–Trinajstić information content (AvgIpc) is 2.58. The number of nitrogens with one attached hydrogen (secondary N) is 1. The zero-order chi connectivity index (χ0) is 10.8. The first-order chi connectivity index (χ1) is 7.20. The highest BCUT2D eigenvalue weighted by Crippen LogP contribution is 2.20. The fourth-order valence-electron chi connectivity index (χ4n) is 1.69. The lowest BCUT2D eigenvalue weighted by Gasteiger charge is -1.93. The minimum Gasteiger partial charge on any atom is -0.358 e. The zero-order valence-corrected chi connectivity index (χ0v) is 8.61. The van der Waals surface area contributed by atoms with Crippen LogP contribution in [0, 0.1) is 11.6 Å². The molecule has 0 amide bonds. The highest BCUT2D eigenvalue weighted by Gasteiger charge is 2.06. The Morgan fingerprint density at radius 2 is 1.87 bits per heavy atom. The number of hydrogen-bond donors (Lipinski definition) is 1. The Hall–Kier alpha value is -1.38. The molecule has 0 bridgehead atoms. The summed E-state index contributed by atoms with van der Waals surface area (Å²) in [7, 11) is 0. The molecule has 1 aromatic heterocycles.